The second-order valence-corrected chi connectivity index (χ2v) is 9.17. The number of aryl methyl sites for hydroxylation is 1. The first kappa shape index (κ1) is 23.2. The van der Waals surface area contributed by atoms with Crippen molar-refractivity contribution in [3.8, 4) is 5.75 Å². The lowest BCUT2D eigenvalue weighted by molar-refractivity contribution is 0.0985. The second-order valence-electron chi connectivity index (χ2n) is 8.16. The van der Waals surface area contributed by atoms with Gasteiger partial charge in [0, 0.05) is 12.1 Å². The van der Waals surface area contributed by atoms with Crippen LogP contribution in [0, 0.1) is 6.92 Å². The molecule has 166 valence electrons. The van der Waals surface area contributed by atoms with Gasteiger partial charge in [-0.05, 0) is 76.3 Å². The molecule has 5 nitrogen and oxygen atoms in total. The number of thiazole rings is 1. The van der Waals surface area contributed by atoms with Crippen LogP contribution >= 0.6 is 11.3 Å². The van der Waals surface area contributed by atoms with Crippen molar-refractivity contribution in [1.29, 1.82) is 0 Å². The van der Waals surface area contributed by atoms with E-state index in [9.17, 15) is 4.79 Å². The minimum absolute atomic E-state index is 0.0338. The average Bonchev–Trinajstić information content (AvgIpc) is 3.16. The van der Waals surface area contributed by atoms with Crippen molar-refractivity contribution in [2.24, 2.45) is 0 Å². The summed E-state index contributed by atoms with van der Waals surface area (Å²) in [5, 5.41) is 0.749. The van der Waals surface area contributed by atoms with Gasteiger partial charge < -0.3 is 9.64 Å². The quantitative estimate of drug-likeness (QED) is 0.356. The van der Waals surface area contributed by atoms with Crippen molar-refractivity contribution in [3.05, 3.63) is 53.6 Å². The van der Waals surface area contributed by atoms with Crippen LogP contribution in [0.2, 0.25) is 0 Å². The van der Waals surface area contributed by atoms with Gasteiger partial charge in [0.1, 0.15) is 5.75 Å². The molecule has 1 aromatic heterocycles. The van der Waals surface area contributed by atoms with Crippen LogP contribution in [0.4, 0.5) is 5.13 Å². The molecule has 0 unspecified atom stereocenters. The summed E-state index contributed by atoms with van der Waals surface area (Å²) in [6.07, 6.45) is 4.21. The lowest BCUT2D eigenvalue weighted by atomic mass is 10.2. The predicted molar refractivity (Wildman–Crippen MR) is 131 cm³/mol. The molecule has 0 radical (unpaired) electrons. The van der Waals surface area contributed by atoms with Gasteiger partial charge in [-0.2, -0.15) is 0 Å². The number of hydrogen-bond donors (Lipinski definition) is 0. The fraction of sp³-hybridized carbons (Fsp3) is 0.440. The van der Waals surface area contributed by atoms with E-state index in [-0.39, 0.29) is 5.91 Å². The molecule has 0 atom stereocenters. The van der Waals surface area contributed by atoms with Crippen molar-refractivity contribution >= 4 is 32.6 Å². The summed E-state index contributed by atoms with van der Waals surface area (Å²) in [6, 6.07) is 13.7. The van der Waals surface area contributed by atoms with Crippen molar-refractivity contribution in [3.63, 3.8) is 0 Å². The molecule has 3 aromatic rings. The van der Waals surface area contributed by atoms with E-state index < -0.39 is 0 Å². The van der Waals surface area contributed by atoms with E-state index in [0.717, 1.165) is 53.3 Å². The van der Waals surface area contributed by atoms with Gasteiger partial charge in [0.25, 0.3) is 5.91 Å². The summed E-state index contributed by atoms with van der Waals surface area (Å²) in [5.74, 6) is 0.712. The van der Waals surface area contributed by atoms with Gasteiger partial charge in [-0.25, -0.2) is 4.98 Å². The Bertz CT molecular complexity index is 999. The Morgan fingerprint density at radius 3 is 2.68 bits per heavy atom. The number of carbonyl (C=O) groups excluding carboxylic acids is 1. The fourth-order valence-electron chi connectivity index (χ4n) is 3.38. The molecule has 3 rings (SSSR count). The van der Waals surface area contributed by atoms with Gasteiger partial charge in [0.15, 0.2) is 5.13 Å². The Hall–Kier alpha value is -2.44. The Morgan fingerprint density at radius 2 is 1.90 bits per heavy atom. The highest BCUT2D eigenvalue weighted by Crippen LogP contribution is 2.31. The lowest BCUT2D eigenvalue weighted by Crippen LogP contribution is -2.33. The van der Waals surface area contributed by atoms with Crippen molar-refractivity contribution in [2.75, 3.05) is 38.7 Å². The number of fused-ring (bicyclic) bond motifs is 1. The van der Waals surface area contributed by atoms with E-state index >= 15 is 0 Å². The van der Waals surface area contributed by atoms with E-state index in [1.54, 1.807) is 11.3 Å². The number of amides is 1. The van der Waals surface area contributed by atoms with Gasteiger partial charge in [-0.1, -0.05) is 43.2 Å². The molecule has 0 aliphatic carbocycles. The van der Waals surface area contributed by atoms with Crippen LogP contribution in [-0.4, -0.2) is 49.6 Å². The molecule has 0 bridgehead atoms. The zero-order valence-corrected chi connectivity index (χ0v) is 19.9. The summed E-state index contributed by atoms with van der Waals surface area (Å²) < 4.78 is 6.97. The zero-order valence-electron chi connectivity index (χ0n) is 19.1. The molecule has 0 saturated heterocycles. The minimum Gasteiger partial charge on any atom is -0.494 e. The molecular formula is C25H33N3O2S. The Labute approximate surface area is 189 Å². The van der Waals surface area contributed by atoms with Gasteiger partial charge in [0.2, 0.25) is 0 Å². The van der Waals surface area contributed by atoms with Crippen LogP contribution in [0.1, 0.15) is 48.5 Å². The molecule has 31 heavy (non-hydrogen) atoms. The number of unbranched alkanes of at least 4 members (excludes halogenated alkanes) is 2. The monoisotopic (exact) mass is 439 g/mol. The molecular weight excluding hydrogens is 406 g/mol. The highest BCUT2D eigenvalue weighted by Gasteiger charge is 2.21. The van der Waals surface area contributed by atoms with Crippen LogP contribution in [0.25, 0.3) is 10.2 Å². The minimum atomic E-state index is -0.0338. The summed E-state index contributed by atoms with van der Waals surface area (Å²) in [5.41, 5.74) is 2.76. The molecule has 2 aromatic carbocycles. The highest BCUT2D eigenvalue weighted by molar-refractivity contribution is 7.22. The molecule has 6 heteroatoms. The molecule has 0 saturated carbocycles. The molecule has 1 heterocycles. The molecule has 0 aliphatic rings. The predicted octanol–water partition coefficient (Wildman–Crippen LogP) is 5.77. The molecule has 1 amide bonds. The third kappa shape index (κ3) is 6.52. The first-order valence-electron chi connectivity index (χ1n) is 11.0. The van der Waals surface area contributed by atoms with Gasteiger partial charge in [-0.3, -0.25) is 9.69 Å². The van der Waals surface area contributed by atoms with Crippen molar-refractivity contribution in [2.45, 2.75) is 39.5 Å². The van der Waals surface area contributed by atoms with E-state index in [2.05, 4.69) is 30.9 Å². The number of hydrogen-bond acceptors (Lipinski definition) is 5. The number of carbonyl (C=O) groups is 1. The van der Waals surface area contributed by atoms with Crippen LogP contribution in [-0.2, 0) is 0 Å². The Balaban J connectivity index is 1.83. The summed E-state index contributed by atoms with van der Waals surface area (Å²) in [6.45, 7) is 6.46. The normalized spacial score (nSPS) is 11.3. The third-order valence-electron chi connectivity index (χ3n) is 5.09. The Morgan fingerprint density at radius 1 is 1.06 bits per heavy atom. The molecule has 0 spiro atoms. The summed E-state index contributed by atoms with van der Waals surface area (Å²) in [4.78, 5) is 22.2. The fourth-order valence-corrected chi connectivity index (χ4v) is 4.47. The third-order valence-corrected chi connectivity index (χ3v) is 6.13. The number of aromatic nitrogens is 1. The number of benzene rings is 2. The lowest BCUT2D eigenvalue weighted by Gasteiger charge is -2.21. The zero-order chi connectivity index (χ0) is 22.2. The summed E-state index contributed by atoms with van der Waals surface area (Å²) in [7, 11) is 4.10. The van der Waals surface area contributed by atoms with E-state index in [1.807, 2.05) is 49.3 Å². The van der Waals surface area contributed by atoms with Crippen LogP contribution in [0.3, 0.4) is 0 Å². The largest absolute Gasteiger partial charge is 0.494 e. The standard InChI is InChI=1S/C25H33N3O2S/c1-5-6-7-16-30-21-11-8-10-20(18-21)24(29)28(15-9-14-27(3)4)25-26-22-13-12-19(2)17-23(22)31-25/h8,10-13,17-18H,5-7,9,14-16H2,1-4H3. The average molecular weight is 440 g/mol. The number of rotatable bonds is 11. The second kappa shape index (κ2) is 11.3. The molecule has 0 aliphatic heterocycles. The van der Waals surface area contributed by atoms with Crippen LogP contribution in [0.5, 0.6) is 5.75 Å². The summed E-state index contributed by atoms with van der Waals surface area (Å²) >= 11 is 1.57. The van der Waals surface area contributed by atoms with Gasteiger partial charge in [0.05, 0.1) is 16.8 Å². The maximum Gasteiger partial charge on any atom is 0.260 e. The van der Waals surface area contributed by atoms with E-state index in [4.69, 9.17) is 9.72 Å². The molecule has 0 N–H and O–H groups in total. The van der Waals surface area contributed by atoms with E-state index in [0.29, 0.717) is 18.7 Å². The maximum absolute atomic E-state index is 13.5. The SMILES string of the molecule is CCCCCOc1cccc(C(=O)N(CCCN(C)C)c2nc3ccc(C)cc3s2)c1. The smallest absolute Gasteiger partial charge is 0.260 e. The van der Waals surface area contributed by atoms with Crippen molar-refractivity contribution in [1.82, 2.24) is 9.88 Å². The molecule has 0 fully saturated rings. The van der Waals surface area contributed by atoms with Crippen LogP contribution < -0.4 is 9.64 Å². The number of ether oxygens (including phenoxy) is 1. The topological polar surface area (TPSA) is 45.7 Å². The van der Waals surface area contributed by atoms with Crippen LogP contribution in [0.15, 0.2) is 42.5 Å². The van der Waals surface area contributed by atoms with E-state index in [1.165, 1.54) is 5.56 Å². The van der Waals surface area contributed by atoms with Gasteiger partial charge in [-0.15, -0.1) is 0 Å². The van der Waals surface area contributed by atoms with Gasteiger partial charge >= 0.3 is 0 Å². The number of nitrogens with zero attached hydrogens (tertiary/aromatic N) is 3. The number of anilines is 1. The van der Waals surface area contributed by atoms with Crippen molar-refractivity contribution < 1.29 is 9.53 Å². The first-order valence-corrected chi connectivity index (χ1v) is 11.9. The first-order chi connectivity index (χ1) is 15.0. The highest BCUT2D eigenvalue weighted by atomic mass is 32.1. The maximum atomic E-state index is 13.5. The Kier molecular flexibility index (Phi) is 8.43.